The van der Waals surface area contributed by atoms with Gasteiger partial charge in [-0.15, -0.1) is 0 Å². The van der Waals surface area contributed by atoms with Crippen molar-refractivity contribution in [3.8, 4) is 11.3 Å². The fraction of sp³-hybridized carbons (Fsp3) is 0.286. The Hall–Kier alpha value is -1.85. The summed E-state index contributed by atoms with van der Waals surface area (Å²) in [5.41, 5.74) is 1.95. The fourth-order valence-electron chi connectivity index (χ4n) is 2.37. The summed E-state index contributed by atoms with van der Waals surface area (Å²) in [6, 6.07) is 7.57. The number of nitrogens with one attached hydrogen (secondary N) is 3. The minimum Gasteiger partial charge on any atom is -0.348 e. The lowest BCUT2D eigenvalue weighted by Crippen LogP contribution is -2.36. The lowest BCUT2D eigenvalue weighted by molar-refractivity contribution is 0.0941. The smallest absolute Gasteiger partial charge is 0.255 e. The van der Waals surface area contributed by atoms with Gasteiger partial charge in [0.1, 0.15) is 0 Å². The standard InChI is InChI=1S/C14H15ClN4O/c15-12-4-2-1-3-10(12)13-11(8-17-19-13)14(20)18-9-5-6-16-7-9/h1-4,8-9,16H,5-7H2,(H,17,19)(H,18,20). The molecule has 1 atom stereocenters. The van der Waals surface area contributed by atoms with Crippen molar-refractivity contribution in [2.24, 2.45) is 0 Å². The zero-order chi connectivity index (χ0) is 13.9. The Morgan fingerprint density at radius 2 is 2.25 bits per heavy atom. The first-order valence-electron chi connectivity index (χ1n) is 6.55. The monoisotopic (exact) mass is 290 g/mol. The van der Waals surface area contributed by atoms with E-state index in [1.165, 1.54) is 6.20 Å². The molecule has 0 bridgehead atoms. The molecule has 1 aromatic heterocycles. The molecule has 0 spiro atoms. The van der Waals surface area contributed by atoms with Crippen LogP contribution in [0.3, 0.4) is 0 Å². The lowest BCUT2D eigenvalue weighted by Gasteiger charge is -2.11. The highest BCUT2D eigenvalue weighted by molar-refractivity contribution is 6.33. The third-order valence-corrected chi connectivity index (χ3v) is 3.75. The second-order valence-electron chi connectivity index (χ2n) is 4.80. The quantitative estimate of drug-likeness (QED) is 0.807. The van der Waals surface area contributed by atoms with Crippen LogP contribution in [0.5, 0.6) is 0 Å². The normalized spacial score (nSPS) is 18.1. The van der Waals surface area contributed by atoms with Gasteiger partial charge in [-0.05, 0) is 19.0 Å². The maximum Gasteiger partial charge on any atom is 0.255 e. The van der Waals surface area contributed by atoms with Crippen molar-refractivity contribution in [3.63, 3.8) is 0 Å². The molecule has 104 valence electrons. The van der Waals surface area contributed by atoms with Crippen LogP contribution in [0.1, 0.15) is 16.8 Å². The highest BCUT2D eigenvalue weighted by atomic mass is 35.5. The molecule has 20 heavy (non-hydrogen) atoms. The van der Waals surface area contributed by atoms with Crippen molar-refractivity contribution in [1.82, 2.24) is 20.8 Å². The Kier molecular flexibility index (Phi) is 3.71. The average Bonchev–Trinajstić information content (AvgIpc) is 3.09. The second kappa shape index (κ2) is 5.64. The van der Waals surface area contributed by atoms with E-state index in [0.29, 0.717) is 16.3 Å². The maximum atomic E-state index is 12.3. The Balaban J connectivity index is 1.86. The molecule has 1 aromatic carbocycles. The predicted octanol–water partition coefficient (Wildman–Crippen LogP) is 1.82. The molecule has 2 aromatic rings. The molecular formula is C14H15ClN4O. The van der Waals surface area contributed by atoms with Crippen LogP contribution in [0.4, 0.5) is 0 Å². The Bertz CT molecular complexity index is 619. The van der Waals surface area contributed by atoms with E-state index in [1.807, 2.05) is 18.2 Å². The van der Waals surface area contributed by atoms with Crippen LogP contribution >= 0.6 is 11.6 Å². The van der Waals surface area contributed by atoms with E-state index in [2.05, 4.69) is 20.8 Å². The SMILES string of the molecule is O=C(NC1CCNC1)c1cn[nH]c1-c1ccccc1Cl. The molecule has 0 saturated carbocycles. The fourth-order valence-corrected chi connectivity index (χ4v) is 2.60. The molecule has 1 aliphatic rings. The number of hydrogen-bond donors (Lipinski definition) is 3. The number of benzene rings is 1. The van der Waals surface area contributed by atoms with Crippen LogP contribution in [0, 0.1) is 0 Å². The van der Waals surface area contributed by atoms with Gasteiger partial charge in [0.15, 0.2) is 0 Å². The molecule has 0 aliphatic carbocycles. The number of rotatable bonds is 3. The van der Waals surface area contributed by atoms with Gasteiger partial charge in [-0.1, -0.05) is 29.8 Å². The number of aromatic amines is 1. The highest BCUT2D eigenvalue weighted by Gasteiger charge is 2.21. The summed E-state index contributed by atoms with van der Waals surface area (Å²) < 4.78 is 0. The van der Waals surface area contributed by atoms with Gasteiger partial charge in [-0.25, -0.2) is 0 Å². The third kappa shape index (κ3) is 2.55. The van der Waals surface area contributed by atoms with Gasteiger partial charge in [0.25, 0.3) is 5.91 Å². The van der Waals surface area contributed by atoms with E-state index in [1.54, 1.807) is 6.07 Å². The summed E-state index contributed by atoms with van der Waals surface area (Å²) in [6.07, 6.45) is 2.49. The first-order chi connectivity index (χ1) is 9.75. The number of carbonyl (C=O) groups excluding carboxylic acids is 1. The first kappa shape index (κ1) is 13.1. The predicted molar refractivity (Wildman–Crippen MR) is 77.8 cm³/mol. The number of halogens is 1. The number of nitrogens with zero attached hydrogens (tertiary/aromatic N) is 1. The zero-order valence-electron chi connectivity index (χ0n) is 10.8. The van der Waals surface area contributed by atoms with Crippen molar-refractivity contribution in [1.29, 1.82) is 0 Å². The molecule has 5 nitrogen and oxygen atoms in total. The van der Waals surface area contributed by atoms with E-state index in [4.69, 9.17) is 11.6 Å². The van der Waals surface area contributed by atoms with Gasteiger partial charge in [0.2, 0.25) is 0 Å². The summed E-state index contributed by atoms with van der Waals surface area (Å²) in [5, 5.41) is 13.6. The highest BCUT2D eigenvalue weighted by Crippen LogP contribution is 2.28. The molecular weight excluding hydrogens is 276 g/mol. The van der Waals surface area contributed by atoms with Crippen molar-refractivity contribution in [2.45, 2.75) is 12.5 Å². The Morgan fingerprint density at radius 3 is 3.00 bits per heavy atom. The number of carbonyl (C=O) groups is 1. The molecule has 3 N–H and O–H groups in total. The molecule has 1 unspecified atom stereocenters. The van der Waals surface area contributed by atoms with Crippen LogP contribution < -0.4 is 10.6 Å². The van der Waals surface area contributed by atoms with Crippen molar-refractivity contribution in [2.75, 3.05) is 13.1 Å². The van der Waals surface area contributed by atoms with Gasteiger partial charge >= 0.3 is 0 Å². The number of H-pyrrole nitrogens is 1. The molecule has 1 amide bonds. The van der Waals surface area contributed by atoms with Crippen LogP contribution in [0.15, 0.2) is 30.5 Å². The second-order valence-corrected chi connectivity index (χ2v) is 5.21. The van der Waals surface area contributed by atoms with Gasteiger partial charge in [-0.2, -0.15) is 5.10 Å². The average molecular weight is 291 g/mol. The van der Waals surface area contributed by atoms with Crippen LogP contribution in [-0.2, 0) is 0 Å². The number of amides is 1. The van der Waals surface area contributed by atoms with E-state index < -0.39 is 0 Å². The largest absolute Gasteiger partial charge is 0.348 e. The van der Waals surface area contributed by atoms with E-state index in [0.717, 1.165) is 25.1 Å². The van der Waals surface area contributed by atoms with Gasteiger partial charge in [-0.3, -0.25) is 9.89 Å². The molecule has 6 heteroatoms. The summed E-state index contributed by atoms with van der Waals surface area (Å²) in [5.74, 6) is -0.123. The van der Waals surface area contributed by atoms with Gasteiger partial charge in [0.05, 0.1) is 17.5 Å². The van der Waals surface area contributed by atoms with E-state index in [9.17, 15) is 4.79 Å². The summed E-state index contributed by atoms with van der Waals surface area (Å²) in [4.78, 5) is 12.3. The van der Waals surface area contributed by atoms with Crippen LogP contribution in [0.2, 0.25) is 5.02 Å². The molecule has 1 saturated heterocycles. The first-order valence-corrected chi connectivity index (χ1v) is 6.93. The maximum absolute atomic E-state index is 12.3. The van der Waals surface area contributed by atoms with Crippen LogP contribution in [0.25, 0.3) is 11.3 Å². The zero-order valence-corrected chi connectivity index (χ0v) is 11.6. The Morgan fingerprint density at radius 1 is 1.40 bits per heavy atom. The van der Waals surface area contributed by atoms with Crippen molar-refractivity contribution >= 4 is 17.5 Å². The van der Waals surface area contributed by atoms with E-state index in [-0.39, 0.29) is 11.9 Å². The minimum absolute atomic E-state index is 0.123. The summed E-state index contributed by atoms with van der Waals surface area (Å²) in [6.45, 7) is 1.75. The minimum atomic E-state index is -0.123. The van der Waals surface area contributed by atoms with Crippen molar-refractivity contribution < 1.29 is 4.79 Å². The summed E-state index contributed by atoms with van der Waals surface area (Å²) in [7, 11) is 0. The molecule has 1 aliphatic heterocycles. The Labute approximate surface area is 121 Å². The third-order valence-electron chi connectivity index (χ3n) is 3.42. The molecule has 0 radical (unpaired) electrons. The number of aromatic nitrogens is 2. The topological polar surface area (TPSA) is 69.8 Å². The van der Waals surface area contributed by atoms with E-state index >= 15 is 0 Å². The van der Waals surface area contributed by atoms with Gasteiger partial charge in [0, 0.05) is 23.2 Å². The van der Waals surface area contributed by atoms with Crippen molar-refractivity contribution in [3.05, 3.63) is 41.0 Å². The number of hydrogen-bond acceptors (Lipinski definition) is 3. The molecule has 3 rings (SSSR count). The van der Waals surface area contributed by atoms with Crippen LogP contribution in [-0.4, -0.2) is 35.2 Å². The lowest BCUT2D eigenvalue weighted by atomic mass is 10.1. The van der Waals surface area contributed by atoms with Gasteiger partial charge < -0.3 is 10.6 Å². The summed E-state index contributed by atoms with van der Waals surface area (Å²) >= 11 is 6.17. The molecule has 2 heterocycles. The molecule has 1 fully saturated rings.